The molecule has 134 valence electrons. The van der Waals surface area contributed by atoms with E-state index in [9.17, 15) is 14.7 Å². The van der Waals surface area contributed by atoms with Crippen LogP contribution in [0.25, 0.3) is 11.1 Å². The lowest BCUT2D eigenvalue weighted by molar-refractivity contribution is 0.102. The number of hydrogen-bond acceptors (Lipinski definition) is 4. The van der Waals surface area contributed by atoms with Crippen LogP contribution in [0.3, 0.4) is 0 Å². The van der Waals surface area contributed by atoms with Crippen LogP contribution >= 0.6 is 0 Å². The van der Waals surface area contributed by atoms with Crippen LogP contribution in [0.1, 0.15) is 21.5 Å². The van der Waals surface area contributed by atoms with E-state index in [-0.39, 0.29) is 11.3 Å². The Morgan fingerprint density at radius 1 is 1.00 bits per heavy atom. The van der Waals surface area contributed by atoms with Crippen LogP contribution < -0.4 is 11.1 Å². The Labute approximate surface area is 154 Å². The number of hydrogen-bond donors (Lipinski definition) is 3. The highest BCUT2D eigenvalue weighted by Gasteiger charge is 2.13. The maximum Gasteiger partial charge on any atom is 0.417 e. The van der Waals surface area contributed by atoms with Crippen molar-refractivity contribution in [3.63, 3.8) is 0 Å². The smallest absolute Gasteiger partial charge is 0.417 e. The molecule has 0 unspecified atom stereocenters. The fourth-order valence-electron chi connectivity index (χ4n) is 2.93. The molecule has 0 atom stereocenters. The minimum absolute atomic E-state index is 0.0953. The fraction of sp³-hybridized carbons (Fsp3) is 0.0476. The second-order valence-corrected chi connectivity index (χ2v) is 6.19. The highest BCUT2D eigenvalue weighted by molar-refractivity contribution is 6.06. The summed E-state index contributed by atoms with van der Waals surface area (Å²) in [5.41, 5.74) is 3.59. The summed E-state index contributed by atoms with van der Waals surface area (Å²) in [6.07, 6.45) is 0.656. The molecule has 1 heterocycles. The molecular weight excluding hydrogens is 344 g/mol. The fourth-order valence-corrected chi connectivity index (χ4v) is 2.93. The van der Waals surface area contributed by atoms with Gasteiger partial charge in [0.15, 0.2) is 5.58 Å². The molecule has 0 radical (unpaired) electrons. The molecule has 0 fully saturated rings. The number of anilines is 1. The summed E-state index contributed by atoms with van der Waals surface area (Å²) in [6, 6.07) is 19.7. The highest BCUT2D eigenvalue weighted by Crippen LogP contribution is 2.23. The Morgan fingerprint density at radius 2 is 1.81 bits per heavy atom. The van der Waals surface area contributed by atoms with Gasteiger partial charge in [-0.1, -0.05) is 36.4 Å². The minimum atomic E-state index is -0.556. The van der Waals surface area contributed by atoms with Crippen molar-refractivity contribution in [1.82, 2.24) is 4.98 Å². The van der Waals surface area contributed by atoms with Crippen LogP contribution in [-0.2, 0) is 6.42 Å². The maximum atomic E-state index is 12.6. The lowest BCUT2D eigenvalue weighted by atomic mass is 10.0. The van der Waals surface area contributed by atoms with E-state index in [2.05, 4.69) is 10.3 Å². The van der Waals surface area contributed by atoms with E-state index >= 15 is 0 Å². The van der Waals surface area contributed by atoms with Gasteiger partial charge in [-0.25, -0.2) is 4.79 Å². The zero-order valence-electron chi connectivity index (χ0n) is 14.2. The van der Waals surface area contributed by atoms with Gasteiger partial charge in [-0.15, -0.1) is 0 Å². The molecule has 0 aliphatic carbocycles. The average molecular weight is 360 g/mol. The summed E-state index contributed by atoms with van der Waals surface area (Å²) in [6.45, 7) is 0. The van der Waals surface area contributed by atoms with Crippen molar-refractivity contribution >= 4 is 22.7 Å². The average Bonchev–Trinajstić information content (AvgIpc) is 3.03. The molecule has 3 aromatic carbocycles. The molecule has 4 rings (SSSR count). The molecule has 0 aliphatic rings. The number of amides is 1. The Kier molecular flexibility index (Phi) is 4.22. The number of fused-ring (bicyclic) bond motifs is 1. The van der Waals surface area contributed by atoms with Crippen molar-refractivity contribution in [2.24, 2.45) is 0 Å². The summed E-state index contributed by atoms with van der Waals surface area (Å²) in [7, 11) is 0. The topological polar surface area (TPSA) is 95.3 Å². The standard InChI is InChI=1S/C21H16N2O4/c24-18-8-6-14(10-13-4-2-1-3-5-13)11-16(18)20(25)22-15-7-9-19-17(12-15)23-21(26)27-19/h1-9,11-12,24H,10H2,(H,22,25)(H,23,26). The number of carbonyl (C=O) groups excluding carboxylic acids is 1. The first kappa shape index (κ1) is 16.7. The number of carbonyl (C=O) groups is 1. The quantitative estimate of drug-likeness (QED) is 0.517. The van der Waals surface area contributed by atoms with Gasteiger partial charge in [0, 0.05) is 5.69 Å². The number of phenolic OH excluding ortho intramolecular Hbond substituents is 1. The molecule has 1 aromatic heterocycles. The molecule has 3 N–H and O–H groups in total. The van der Waals surface area contributed by atoms with E-state index in [1.165, 1.54) is 6.07 Å². The molecule has 0 aliphatic heterocycles. The summed E-state index contributed by atoms with van der Waals surface area (Å²) < 4.78 is 4.94. The van der Waals surface area contributed by atoms with Crippen molar-refractivity contribution < 1.29 is 14.3 Å². The normalized spacial score (nSPS) is 10.8. The zero-order chi connectivity index (χ0) is 18.8. The predicted molar refractivity (Wildman–Crippen MR) is 102 cm³/mol. The van der Waals surface area contributed by atoms with Gasteiger partial charge in [0.25, 0.3) is 5.91 Å². The first-order chi connectivity index (χ1) is 13.1. The second kappa shape index (κ2) is 6.84. The van der Waals surface area contributed by atoms with E-state index in [0.29, 0.717) is 23.2 Å². The van der Waals surface area contributed by atoms with Crippen LogP contribution in [-0.4, -0.2) is 16.0 Å². The molecule has 6 nitrogen and oxygen atoms in total. The number of benzene rings is 3. The Bertz CT molecular complexity index is 1180. The third-order valence-electron chi connectivity index (χ3n) is 4.23. The SMILES string of the molecule is O=C(Nc1ccc2oc(=O)[nH]c2c1)c1cc(Cc2ccccc2)ccc1O. The number of nitrogens with one attached hydrogen (secondary N) is 2. The first-order valence-electron chi connectivity index (χ1n) is 8.38. The lowest BCUT2D eigenvalue weighted by Gasteiger charge is -2.09. The first-order valence-corrected chi connectivity index (χ1v) is 8.38. The van der Waals surface area contributed by atoms with E-state index < -0.39 is 11.7 Å². The molecule has 1 amide bonds. The number of phenols is 1. The van der Waals surface area contributed by atoms with Gasteiger partial charge < -0.3 is 14.8 Å². The molecule has 4 aromatic rings. The molecule has 0 bridgehead atoms. The van der Waals surface area contributed by atoms with Gasteiger partial charge in [0.1, 0.15) is 5.75 Å². The number of aromatic amines is 1. The summed E-state index contributed by atoms with van der Waals surface area (Å²) in [5, 5.41) is 12.8. The minimum Gasteiger partial charge on any atom is -0.507 e. The predicted octanol–water partition coefficient (Wildman–Crippen LogP) is 3.67. The van der Waals surface area contributed by atoms with Crippen LogP contribution in [0, 0.1) is 0 Å². The summed E-state index contributed by atoms with van der Waals surface area (Å²) in [5.74, 6) is -1.09. The lowest BCUT2D eigenvalue weighted by Crippen LogP contribution is -2.12. The van der Waals surface area contributed by atoms with Gasteiger partial charge in [-0.05, 0) is 47.9 Å². The Balaban J connectivity index is 1.58. The molecule has 0 saturated carbocycles. The van der Waals surface area contributed by atoms with Crippen LogP contribution in [0.4, 0.5) is 5.69 Å². The maximum absolute atomic E-state index is 12.6. The Hall–Kier alpha value is -3.80. The van der Waals surface area contributed by atoms with Crippen molar-refractivity contribution in [2.45, 2.75) is 6.42 Å². The van der Waals surface area contributed by atoms with Gasteiger partial charge in [-0.2, -0.15) is 0 Å². The third kappa shape index (κ3) is 3.59. The number of H-pyrrole nitrogens is 1. The van der Waals surface area contributed by atoms with E-state index in [1.54, 1.807) is 30.3 Å². The van der Waals surface area contributed by atoms with Gasteiger partial charge in [0.2, 0.25) is 0 Å². The molecule has 6 heteroatoms. The summed E-state index contributed by atoms with van der Waals surface area (Å²) in [4.78, 5) is 26.4. The molecular formula is C21H16N2O4. The van der Waals surface area contributed by atoms with Crippen molar-refractivity contribution in [3.05, 3.63) is 94.0 Å². The van der Waals surface area contributed by atoms with Gasteiger partial charge >= 0.3 is 5.76 Å². The van der Waals surface area contributed by atoms with E-state index in [0.717, 1.165) is 11.1 Å². The highest BCUT2D eigenvalue weighted by atomic mass is 16.4. The molecule has 0 saturated heterocycles. The van der Waals surface area contributed by atoms with Crippen LogP contribution in [0.15, 0.2) is 75.9 Å². The third-order valence-corrected chi connectivity index (χ3v) is 4.23. The zero-order valence-corrected chi connectivity index (χ0v) is 14.2. The number of oxazole rings is 1. The number of rotatable bonds is 4. The van der Waals surface area contributed by atoms with Crippen LogP contribution in [0.5, 0.6) is 5.75 Å². The summed E-state index contributed by atoms with van der Waals surface area (Å²) >= 11 is 0. The Morgan fingerprint density at radius 3 is 2.63 bits per heavy atom. The second-order valence-electron chi connectivity index (χ2n) is 6.19. The van der Waals surface area contributed by atoms with Gasteiger partial charge in [-0.3, -0.25) is 9.78 Å². The van der Waals surface area contributed by atoms with Crippen molar-refractivity contribution in [1.29, 1.82) is 0 Å². The monoisotopic (exact) mass is 360 g/mol. The van der Waals surface area contributed by atoms with Crippen LogP contribution in [0.2, 0.25) is 0 Å². The van der Waals surface area contributed by atoms with Crippen molar-refractivity contribution in [2.75, 3.05) is 5.32 Å². The molecule has 27 heavy (non-hydrogen) atoms. The molecule has 0 spiro atoms. The van der Waals surface area contributed by atoms with E-state index in [1.807, 2.05) is 30.3 Å². The largest absolute Gasteiger partial charge is 0.507 e. The van der Waals surface area contributed by atoms with Gasteiger partial charge in [0.05, 0.1) is 11.1 Å². The number of aromatic hydroxyl groups is 1. The van der Waals surface area contributed by atoms with Crippen molar-refractivity contribution in [3.8, 4) is 5.75 Å². The van der Waals surface area contributed by atoms with E-state index in [4.69, 9.17) is 4.42 Å². The number of aromatic nitrogens is 1.